The summed E-state index contributed by atoms with van der Waals surface area (Å²) in [7, 11) is 1.20. The summed E-state index contributed by atoms with van der Waals surface area (Å²) in [5.41, 5.74) is -0.519. The van der Waals surface area contributed by atoms with Gasteiger partial charge >= 0.3 is 5.97 Å². The Bertz CT molecular complexity index is 360. The molecule has 0 atom stereocenters. The summed E-state index contributed by atoms with van der Waals surface area (Å²) in [6, 6.07) is 2.17. The lowest BCUT2D eigenvalue weighted by Crippen LogP contribution is -2.09. The topological polar surface area (TPSA) is 79.4 Å². The number of esters is 1. The van der Waals surface area contributed by atoms with Gasteiger partial charge < -0.3 is 9.84 Å². The second kappa shape index (κ2) is 4.51. The normalized spacial score (nSPS) is 8.69. The average molecular weight is 206 g/mol. The molecule has 2 N–H and O–H groups in total. The summed E-state index contributed by atoms with van der Waals surface area (Å²) in [6.07, 6.45) is 0. The highest BCUT2D eigenvalue weighted by Crippen LogP contribution is 2.04. The second-order valence-corrected chi connectivity index (χ2v) is 2.11. The Morgan fingerprint density at radius 3 is 2.62 bits per heavy atom. The van der Waals surface area contributed by atoms with Gasteiger partial charge in [0, 0.05) is 12.1 Å². The summed E-state index contributed by atoms with van der Waals surface area (Å²) in [6.45, 7) is 0. The van der Waals surface area contributed by atoms with Gasteiger partial charge in [-0.15, -0.1) is 12.4 Å². The third kappa shape index (κ3) is 2.79. The van der Waals surface area contributed by atoms with E-state index in [0.29, 0.717) is 0 Å². The Morgan fingerprint density at radius 2 is 2.15 bits per heavy atom. The van der Waals surface area contributed by atoms with E-state index in [1.807, 2.05) is 0 Å². The Morgan fingerprint density at radius 1 is 1.54 bits per heavy atom. The molecule has 0 saturated carbocycles. The molecule has 0 aliphatic rings. The average Bonchev–Trinajstić information content (AvgIpc) is 2.01. The maximum Gasteiger partial charge on any atom is 0.338 e. The van der Waals surface area contributed by atoms with Crippen molar-refractivity contribution in [3.05, 3.63) is 28.0 Å². The van der Waals surface area contributed by atoms with Gasteiger partial charge in [-0.1, -0.05) is 0 Å². The molecule has 1 rings (SSSR count). The minimum Gasteiger partial charge on any atom is -0.494 e. The van der Waals surface area contributed by atoms with E-state index in [9.17, 15) is 9.59 Å². The van der Waals surface area contributed by atoms with Gasteiger partial charge in [0.1, 0.15) is 0 Å². The number of carbonyl (C=O) groups is 1. The molecule has 0 saturated heterocycles. The fraction of sp³-hybridized carbons (Fsp3) is 0.143. The molecule has 0 aliphatic heterocycles. The zero-order chi connectivity index (χ0) is 9.14. The van der Waals surface area contributed by atoms with Crippen molar-refractivity contribution in [1.82, 2.24) is 4.98 Å². The molecule has 0 amide bonds. The number of carbonyl (C=O) groups excluding carboxylic acids is 1. The monoisotopic (exact) mass is 205 g/mol. The van der Waals surface area contributed by atoms with Crippen molar-refractivity contribution in [2.75, 3.05) is 7.11 Å². The zero-order valence-electron chi connectivity index (χ0n) is 6.73. The van der Waals surface area contributed by atoms with E-state index in [1.54, 1.807) is 0 Å². The first-order valence-corrected chi connectivity index (χ1v) is 3.15. The molecule has 0 bridgehead atoms. The lowest BCUT2D eigenvalue weighted by Gasteiger charge is -1.97. The molecule has 0 fully saturated rings. The SMILES string of the molecule is COC(=O)c1cc(O)[nH]c(=O)c1.Cl. The molecule has 1 aromatic heterocycles. The maximum absolute atomic E-state index is 10.8. The Kier molecular flexibility index (Phi) is 4.00. The van der Waals surface area contributed by atoms with E-state index in [0.717, 1.165) is 12.1 Å². The highest BCUT2D eigenvalue weighted by Gasteiger charge is 2.06. The van der Waals surface area contributed by atoms with Gasteiger partial charge in [-0.3, -0.25) is 9.78 Å². The number of pyridine rings is 1. The Balaban J connectivity index is 0.00000144. The first-order valence-electron chi connectivity index (χ1n) is 3.15. The molecule has 1 aromatic rings. The molecule has 0 radical (unpaired) electrons. The van der Waals surface area contributed by atoms with Gasteiger partial charge in [-0.2, -0.15) is 0 Å². The van der Waals surface area contributed by atoms with Crippen molar-refractivity contribution in [2.45, 2.75) is 0 Å². The van der Waals surface area contributed by atoms with Crippen LogP contribution in [0, 0.1) is 0 Å². The second-order valence-electron chi connectivity index (χ2n) is 2.11. The van der Waals surface area contributed by atoms with E-state index in [2.05, 4.69) is 9.72 Å². The van der Waals surface area contributed by atoms with Crippen LogP contribution >= 0.6 is 12.4 Å². The number of methoxy groups -OCH3 is 1. The van der Waals surface area contributed by atoms with Crippen molar-refractivity contribution in [3.8, 4) is 5.88 Å². The molecule has 13 heavy (non-hydrogen) atoms. The summed E-state index contributed by atoms with van der Waals surface area (Å²) in [4.78, 5) is 23.6. The van der Waals surface area contributed by atoms with Crippen LogP contribution in [0.3, 0.4) is 0 Å². The third-order valence-corrected chi connectivity index (χ3v) is 1.25. The van der Waals surface area contributed by atoms with Crippen LogP contribution in [0.25, 0.3) is 0 Å². The smallest absolute Gasteiger partial charge is 0.338 e. The molecule has 6 heteroatoms. The molecule has 0 unspecified atom stereocenters. The zero-order valence-corrected chi connectivity index (χ0v) is 7.55. The molecule has 0 spiro atoms. The molecular formula is C7H8ClNO4. The quantitative estimate of drug-likeness (QED) is 0.646. The number of aromatic nitrogens is 1. The van der Waals surface area contributed by atoms with Gasteiger partial charge in [-0.25, -0.2) is 4.79 Å². The molecule has 0 aromatic carbocycles. The van der Waals surface area contributed by atoms with Crippen LogP contribution < -0.4 is 5.56 Å². The molecule has 0 aliphatic carbocycles. The fourth-order valence-corrected chi connectivity index (χ4v) is 0.764. The fourth-order valence-electron chi connectivity index (χ4n) is 0.764. The Labute approximate surface area is 79.8 Å². The van der Waals surface area contributed by atoms with E-state index in [-0.39, 0.29) is 23.9 Å². The summed E-state index contributed by atoms with van der Waals surface area (Å²) < 4.78 is 4.34. The first-order chi connectivity index (χ1) is 5.63. The van der Waals surface area contributed by atoms with E-state index >= 15 is 0 Å². The van der Waals surface area contributed by atoms with Crippen LogP contribution in [0.4, 0.5) is 0 Å². The van der Waals surface area contributed by atoms with Crippen LogP contribution in [-0.4, -0.2) is 23.2 Å². The number of aromatic amines is 1. The molecule has 5 nitrogen and oxygen atoms in total. The molecule has 1 heterocycles. The maximum atomic E-state index is 10.8. The molecule has 72 valence electrons. The number of aromatic hydroxyl groups is 1. The summed E-state index contributed by atoms with van der Waals surface area (Å²) in [5, 5.41) is 8.87. The van der Waals surface area contributed by atoms with Gasteiger partial charge in [0.05, 0.1) is 12.7 Å². The Hall–Kier alpha value is -1.49. The summed E-state index contributed by atoms with van der Waals surface area (Å²) >= 11 is 0. The van der Waals surface area contributed by atoms with Gasteiger partial charge in [0.15, 0.2) is 5.88 Å². The minimum absolute atomic E-state index is 0. The van der Waals surface area contributed by atoms with Crippen molar-refractivity contribution in [2.24, 2.45) is 0 Å². The van der Waals surface area contributed by atoms with Crippen LogP contribution in [0.2, 0.25) is 0 Å². The highest BCUT2D eigenvalue weighted by molar-refractivity contribution is 5.89. The number of rotatable bonds is 1. The first kappa shape index (κ1) is 11.5. The minimum atomic E-state index is -0.656. The molecular weight excluding hydrogens is 198 g/mol. The number of nitrogens with one attached hydrogen (secondary N) is 1. The van der Waals surface area contributed by atoms with Crippen molar-refractivity contribution < 1.29 is 14.6 Å². The standard InChI is InChI=1S/C7H7NO4.ClH/c1-12-7(11)4-2-5(9)8-6(10)3-4;/h2-3H,1H3,(H2,8,9,10);1H. The largest absolute Gasteiger partial charge is 0.494 e. The van der Waals surface area contributed by atoms with Crippen LogP contribution in [-0.2, 0) is 4.74 Å². The van der Waals surface area contributed by atoms with Gasteiger partial charge in [0.2, 0.25) is 0 Å². The number of hydrogen-bond acceptors (Lipinski definition) is 4. The van der Waals surface area contributed by atoms with Crippen LogP contribution in [0.15, 0.2) is 16.9 Å². The highest BCUT2D eigenvalue weighted by atomic mass is 35.5. The van der Waals surface area contributed by atoms with Crippen LogP contribution in [0.5, 0.6) is 5.88 Å². The lowest BCUT2D eigenvalue weighted by atomic mass is 10.3. The number of hydrogen-bond donors (Lipinski definition) is 2. The van der Waals surface area contributed by atoms with Crippen LogP contribution in [0.1, 0.15) is 10.4 Å². The van der Waals surface area contributed by atoms with Gasteiger partial charge in [-0.05, 0) is 0 Å². The van der Waals surface area contributed by atoms with E-state index in [4.69, 9.17) is 5.11 Å². The van der Waals surface area contributed by atoms with Gasteiger partial charge in [0.25, 0.3) is 5.56 Å². The number of ether oxygens (including phenoxy) is 1. The predicted molar refractivity (Wildman–Crippen MR) is 47.3 cm³/mol. The predicted octanol–water partition coefficient (Wildman–Crippen LogP) is 0.289. The summed E-state index contributed by atoms with van der Waals surface area (Å²) in [5.74, 6) is -1.01. The van der Waals surface area contributed by atoms with Crippen molar-refractivity contribution in [1.29, 1.82) is 0 Å². The number of H-pyrrole nitrogens is 1. The van der Waals surface area contributed by atoms with E-state index < -0.39 is 11.5 Å². The van der Waals surface area contributed by atoms with Crippen molar-refractivity contribution in [3.63, 3.8) is 0 Å². The number of halogens is 1. The third-order valence-electron chi connectivity index (χ3n) is 1.25. The van der Waals surface area contributed by atoms with Crippen molar-refractivity contribution >= 4 is 18.4 Å². The van der Waals surface area contributed by atoms with E-state index in [1.165, 1.54) is 7.11 Å². The lowest BCUT2D eigenvalue weighted by molar-refractivity contribution is 0.0600.